The zero-order valence-corrected chi connectivity index (χ0v) is 12.6. The van der Waals surface area contributed by atoms with Gasteiger partial charge >= 0.3 is 0 Å². The molecule has 3 heterocycles. The second-order valence-electron chi connectivity index (χ2n) is 5.63. The predicted molar refractivity (Wildman–Crippen MR) is 83.0 cm³/mol. The van der Waals surface area contributed by atoms with E-state index in [0.717, 1.165) is 49.7 Å². The van der Waals surface area contributed by atoms with Gasteiger partial charge in [0, 0.05) is 30.4 Å². The van der Waals surface area contributed by atoms with E-state index in [0.29, 0.717) is 5.92 Å². The Kier molecular flexibility index (Phi) is 4.60. The maximum atomic E-state index is 4.86. The number of pyridine rings is 1. The molecule has 1 N–H and O–H groups in total. The summed E-state index contributed by atoms with van der Waals surface area (Å²) in [5.74, 6) is 2.51. The zero-order chi connectivity index (χ0) is 14.5. The minimum absolute atomic E-state index is 0.523. The minimum Gasteiger partial charge on any atom is -0.317 e. The zero-order valence-electron chi connectivity index (χ0n) is 12.6. The Bertz CT molecular complexity index is 555. The van der Waals surface area contributed by atoms with Gasteiger partial charge in [-0.15, -0.1) is 0 Å². The molecule has 1 aliphatic rings. The van der Waals surface area contributed by atoms with Gasteiger partial charge in [-0.1, -0.05) is 6.92 Å². The first-order valence-electron chi connectivity index (χ1n) is 7.94. The first kappa shape index (κ1) is 14.2. The standard InChI is InChI=1S/C16H23N5/c1-2-12-21-16(14-4-3-8-17-11-7-14)19-15(20-21)13-5-9-18-10-6-13/h5-6,9-10,14,17H,2-4,7-8,11-12H2,1H3/t14-/m0/s1. The van der Waals surface area contributed by atoms with E-state index < -0.39 is 0 Å². The molecular formula is C16H23N5. The first-order chi connectivity index (χ1) is 10.4. The van der Waals surface area contributed by atoms with Crippen LogP contribution in [0, 0.1) is 0 Å². The molecule has 0 radical (unpaired) electrons. The molecule has 112 valence electrons. The van der Waals surface area contributed by atoms with Crippen molar-refractivity contribution < 1.29 is 0 Å². The van der Waals surface area contributed by atoms with E-state index in [1.165, 1.54) is 12.8 Å². The molecule has 5 heteroatoms. The van der Waals surface area contributed by atoms with Crippen LogP contribution in [0.25, 0.3) is 11.4 Å². The van der Waals surface area contributed by atoms with Crippen molar-refractivity contribution >= 4 is 0 Å². The SMILES string of the molecule is CCCn1nc(-c2ccncc2)nc1[C@H]1CCCNCC1. The van der Waals surface area contributed by atoms with Crippen LogP contribution in [0.3, 0.4) is 0 Å². The molecule has 0 saturated carbocycles. The summed E-state index contributed by atoms with van der Waals surface area (Å²) in [5.41, 5.74) is 1.05. The van der Waals surface area contributed by atoms with E-state index in [9.17, 15) is 0 Å². The normalized spacial score (nSPS) is 19.4. The Morgan fingerprint density at radius 1 is 1.24 bits per heavy atom. The van der Waals surface area contributed by atoms with Gasteiger partial charge in [0.2, 0.25) is 0 Å². The smallest absolute Gasteiger partial charge is 0.181 e. The van der Waals surface area contributed by atoms with E-state index >= 15 is 0 Å². The summed E-state index contributed by atoms with van der Waals surface area (Å²) in [4.78, 5) is 8.93. The summed E-state index contributed by atoms with van der Waals surface area (Å²) in [7, 11) is 0. The van der Waals surface area contributed by atoms with Crippen molar-refractivity contribution in [3.05, 3.63) is 30.4 Å². The molecule has 2 aromatic heterocycles. The number of aryl methyl sites for hydroxylation is 1. The fourth-order valence-electron chi connectivity index (χ4n) is 2.93. The van der Waals surface area contributed by atoms with Crippen LogP contribution in [0.1, 0.15) is 44.3 Å². The highest BCUT2D eigenvalue weighted by atomic mass is 15.3. The molecule has 1 saturated heterocycles. The highest BCUT2D eigenvalue weighted by Gasteiger charge is 2.21. The molecule has 0 aromatic carbocycles. The second kappa shape index (κ2) is 6.80. The lowest BCUT2D eigenvalue weighted by molar-refractivity contribution is 0.497. The van der Waals surface area contributed by atoms with Gasteiger partial charge in [0.25, 0.3) is 0 Å². The van der Waals surface area contributed by atoms with Crippen molar-refractivity contribution in [3.63, 3.8) is 0 Å². The molecule has 0 spiro atoms. The minimum atomic E-state index is 0.523. The van der Waals surface area contributed by atoms with E-state index in [4.69, 9.17) is 10.1 Å². The number of aromatic nitrogens is 4. The maximum absolute atomic E-state index is 4.86. The van der Waals surface area contributed by atoms with Gasteiger partial charge in [0.1, 0.15) is 5.82 Å². The molecule has 1 fully saturated rings. The van der Waals surface area contributed by atoms with Crippen LogP contribution in [-0.4, -0.2) is 32.8 Å². The van der Waals surface area contributed by atoms with Crippen molar-refractivity contribution in [2.75, 3.05) is 13.1 Å². The lowest BCUT2D eigenvalue weighted by Crippen LogP contribution is -2.15. The molecule has 0 bridgehead atoms. The lowest BCUT2D eigenvalue weighted by atomic mass is 10.00. The van der Waals surface area contributed by atoms with Gasteiger partial charge in [-0.2, -0.15) is 5.10 Å². The van der Waals surface area contributed by atoms with E-state index in [2.05, 4.69) is 21.9 Å². The average molecular weight is 285 g/mol. The van der Waals surface area contributed by atoms with Gasteiger partial charge in [0.05, 0.1) is 0 Å². The largest absolute Gasteiger partial charge is 0.317 e. The molecule has 0 unspecified atom stereocenters. The molecule has 2 aromatic rings. The molecular weight excluding hydrogens is 262 g/mol. The number of hydrogen-bond donors (Lipinski definition) is 1. The van der Waals surface area contributed by atoms with Crippen molar-refractivity contribution in [2.45, 2.75) is 45.1 Å². The van der Waals surface area contributed by atoms with Gasteiger partial charge in [-0.25, -0.2) is 9.67 Å². The van der Waals surface area contributed by atoms with Crippen molar-refractivity contribution in [1.82, 2.24) is 25.1 Å². The number of nitrogens with one attached hydrogen (secondary N) is 1. The van der Waals surface area contributed by atoms with Crippen LogP contribution in [0.2, 0.25) is 0 Å². The van der Waals surface area contributed by atoms with Crippen LogP contribution in [0.15, 0.2) is 24.5 Å². The molecule has 3 rings (SSSR count). The maximum Gasteiger partial charge on any atom is 0.181 e. The van der Waals surface area contributed by atoms with Crippen LogP contribution in [0.4, 0.5) is 0 Å². The van der Waals surface area contributed by atoms with Gasteiger partial charge in [-0.05, 0) is 50.9 Å². The summed E-state index contributed by atoms with van der Waals surface area (Å²) in [6.45, 7) is 5.33. The molecule has 0 aliphatic carbocycles. The first-order valence-corrected chi connectivity index (χ1v) is 7.94. The Labute approximate surface area is 125 Å². The summed E-state index contributed by atoms with van der Waals surface area (Å²) < 4.78 is 2.12. The monoisotopic (exact) mass is 285 g/mol. The number of nitrogens with zero attached hydrogens (tertiary/aromatic N) is 4. The highest BCUT2D eigenvalue weighted by molar-refractivity contribution is 5.53. The third-order valence-electron chi connectivity index (χ3n) is 4.02. The van der Waals surface area contributed by atoms with E-state index in [1.807, 2.05) is 12.1 Å². The van der Waals surface area contributed by atoms with Crippen LogP contribution < -0.4 is 5.32 Å². The van der Waals surface area contributed by atoms with Crippen LogP contribution >= 0.6 is 0 Å². The molecule has 0 amide bonds. The molecule has 1 aliphatic heterocycles. The molecule has 5 nitrogen and oxygen atoms in total. The predicted octanol–water partition coefficient (Wildman–Crippen LogP) is 2.61. The topological polar surface area (TPSA) is 55.6 Å². The quantitative estimate of drug-likeness (QED) is 0.938. The van der Waals surface area contributed by atoms with Gasteiger partial charge in [-0.3, -0.25) is 4.98 Å². The van der Waals surface area contributed by atoms with Gasteiger partial charge in [0.15, 0.2) is 5.82 Å². The summed E-state index contributed by atoms with van der Waals surface area (Å²) >= 11 is 0. The van der Waals surface area contributed by atoms with E-state index in [-0.39, 0.29) is 0 Å². The Hall–Kier alpha value is -1.75. The fourth-order valence-corrected chi connectivity index (χ4v) is 2.93. The Morgan fingerprint density at radius 2 is 2.10 bits per heavy atom. The van der Waals surface area contributed by atoms with Crippen molar-refractivity contribution in [2.24, 2.45) is 0 Å². The van der Waals surface area contributed by atoms with E-state index in [1.54, 1.807) is 12.4 Å². The molecule has 1 atom stereocenters. The Morgan fingerprint density at radius 3 is 2.90 bits per heavy atom. The van der Waals surface area contributed by atoms with Crippen molar-refractivity contribution in [3.8, 4) is 11.4 Å². The third kappa shape index (κ3) is 3.29. The molecule has 21 heavy (non-hydrogen) atoms. The summed E-state index contributed by atoms with van der Waals surface area (Å²) in [6.07, 6.45) is 8.24. The third-order valence-corrected chi connectivity index (χ3v) is 4.02. The van der Waals surface area contributed by atoms with Crippen LogP contribution in [-0.2, 0) is 6.54 Å². The summed E-state index contributed by atoms with van der Waals surface area (Å²) in [6, 6.07) is 3.95. The van der Waals surface area contributed by atoms with Crippen LogP contribution in [0.5, 0.6) is 0 Å². The van der Waals surface area contributed by atoms with Gasteiger partial charge < -0.3 is 5.32 Å². The highest BCUT2D eigenvalue weighted by Crippen LogP contribution is 2.27. The van der Waals surface area contributed by atoms with Crippen molar-refractivity contribution in [1.29, 1.82) is 0 Å². The lowest BCUT2D eigenvalue weighted by Gasteiger charge is -2.13. The second-order valence-corrected chi connectivity index (χ2v) is 5.63. The number of rotatable bonds is 4. The summed E-state index contributed by atoms with van der Waals surface area (Å²) in [5, 5.41) is 8.20. The fraction of sp³-hybridized carbons (Fsp3) is 0.562. The Balaban J connectivity index is 1.92. The number of hydrogen-bond acceptors (Lipinski definition) is 4. The average Bonchev–Trinajstić information content (AvgIpc) is 2.76.